The van der Waals surface area contributed by atoms with Gasteiger partial charge in [0, 0.05) is 6.21 Å². The molecular formula is C17H23FN2O5. The molecular weight excluding hydrogens is 331 g/mol. The highest BCUT2D eigenvalue weighted by Gasteiger charge is 2.21. The Bertz CT molecular complexity index is 653. The van der Waals surface area contributed by atoms with E-state index in [4.69, 9.17) is 4.74 Å². The van der Waals surface area contributed by atoms with Gasteiger partial charge in [0.15, 0.2) is 6.29 Å². The number of halogens is 1. The van der Waals surface area contributed by atoms with Gasteiger partial charge >= 0.3 is 6.09 Å². The first-order chi connectivity index (χ1) is 11.5. The Balaban J connectivity index is 2.88. The van der Waals surface area contributed by atoms with Crippen LogP contribution >= 0.6 is 0 Å². The highest BCUT2D eigenvalue weighted by Crippen LogP contribution is 2.25. The van der Waals surface area contributed by atoms with Crippen molar-refractivity contribution in [3.05, 3.63) is 29.6 Å². The Morgan fingerprint density at radius 2 is 2.00 bits per heavy atom. The lowest BCUT2D eigenvalue weighted by molar-refractivity contribution is -0.118. The van der Waals surface area contributed by atoms with Crippen molar-refractivity contribution < 1.29 is 28.9 Å². The molecule has 138 valence electrons. The third-order valence-corrected chi connectivity index (χ3v) is 3.10. The quantitative estimate of drug-likeness (QED) is 0.556. The zero-order chi connectivity index (χ0) is 19.2. The number of nitrogens with one attached hydrogen (secondary N) is 1. The van der Waals surface area contributed by atoms with Gasteiger partial charge in [-0.1, -0.05) is 13.0 Å². The molecule has 1 rings (SSSR count). The number of rotatable bonds is 5. The molecule has 25 heavy (non-hydrogen) atoms. The van der Waals surface area contributed by atoms with Gasteiger partial charge in [-0.2, -0.15) is 4.99 Å². The molecule has 2 amide bonds. The van der Waals surface area contributed by atoms with E-state index in [0.29, 0.717) is 6.42 Å². The minimum atomic E-state index is -2.08. The second-order valence-electron chi connectivity index (χ2n) is 6.34. The number of aliphatic hydroxyl groups is 2. The predicted molar refractivity (Wildman–Crippen MR) is 90.7 cm³/mol. The fraction of sp³-hybridized carbons (Fsp3) is 0.471. The largest absolute Gasteiger partial charge is 0.442 e. The summed E-state index contributed by atoms with van der Waals surface area (Å²) in [5, 5.41) is 20.9. The van der Waals surface area contributed by atoms with E-state index in [1.807, 2.05) is 0 Å². The number of carbonyl (C=O) groups excluding carboxylic acids is 2. The van der Waals surface area contributed by atoms with Crippen LogP contribution in [0.1, 0.15) is 46.0 Å². The van der Waals surface area contributed by atoms with Gasteiger partial charge in [0.1, 0.15) is 11.4 Å². The lowest BCUT2D eigenvalue weighted by Gasteiger charge is -2.18. The average molecular weight is 354 g/mol. The summed E-state index contributed by atoms with van der Waals surface area (Å²) >= 11 is 0. The van der Waals surface area contributed by atoms with Crippen LogP contribution in [0, 0.1) is 11.7 Å². The Hall–Kier alpha value is -2.32. The summed E-state index contributed by atoms with van der Waals surface area (Å²) < 4.78 is 18.7. The van der Waals surface area contributed by atoms with Gasteiger partial charge in [0.2, 0.25) is 5.91 Å². The van der Waals surface area contributed by atoms with Crippen molar-refractivity contribution in [2.24, 2.45) is 10.9 Å². The van der Waals surface area contributed by atoms with Crippen LogP contribution in [0.3, 0.4) is 0 Å². The van der Waals surface area contributed by atoms with Gasteiger partial charge in [-0.05, 0) is 39.3 Å². The number of ether oxygens (including phenoxy) is 1. The van der Waals surface area contributed by atoms with E-state index < -0.39 is 41.2 Å². The summed E-state index contributed by atoms with van der Waals surface area (Å²) in [4.78, 5) is 27.5. The predicted octanol–water partition coefficient (Wildman–Crippen LogP) is 2.78. The zero-order valence-electron chi connectivity index (χ0n) is 14.6. The Labute approximate surface area is 145 Å². The number of aliphatic hydroxyl groups excluding tert-OH is 1. The number of anilines is 1. The summed E-state index contributed by atoms with van der Waals surface area (Å²) in [7, 11) is 0. The smallest absolute Gasteiger partial charge is 0.433 e. The first-order valence-electron chi connectivity index (χ1n) is 7.77. The van der Waals surface area contributed by atoms with Crippen LogP contribution in [-0.2, 0) is 9.53 Å². The molecule has 0 radical (unpaired) electrons. The van der Waals surface area contributed by atoms with E-state index in [1.165, 1.54) is 12.1 Å². The third-order valence-electron chi connectivity index (χ3n) is 3.10. The number of nitrogens with zero attached hydrogens (tertiary/aromatic N) is 1. The van der Waals surface area contributed by atoms with Gasteiger partial charge in [0.25, 0.3) is 0 Å². The molecule has 1 atom stereocenters. The van der Waals surface area contributed by atoms with Crippen LogP contribution in [-0.4, -0.2) is 34.0 Å². The molecule has 0 bridgehead atoms. The van der Waals surface area contributed by atoms with E-state index in [0.717, 1.165) is 12.3 Å². The van der Waals surface area contributed by atoms with E-state index in [-0.39, 0.29) is 5.69 Å². The number of hydrogen-bond acceptors (Lipinski definition) is 5. The van der Waals surface area contributed by atoms with Crippen LogP contribution in [0.25, 0.3) is 0 Å². The highest BCUT2D eigenvalue weighted by molar-refractivity contribution is 6.03. The maximum atomic E-state index is 13.7. The topological polar surface area (TPSA) is 108 Å². The zero-order valence-corrected chi connectivity index (χ0v) is 14.6. The number of hydrogen-bond donors (Lipinski definition) is 3. The van der Waals surface area contributed by atoms with Gasteiger partial charge in [-0.3, -0.25) is 4.79 Å². The maximum absolute atomic E-state index is 13.7. The summed E-state index contributed by atoms with van der Waals surface area (Å²) in [6.07, 6.45) is -1.43. The lowest BCUT2D eigenvalue weighted by atomic mass is 10.1. The van der Waals surface area contributed by atoms with Gasteiger partial charge < -0.3 is 20.3 Å². The molecule has 0 aromatic heterocycles. The van der Waals surface area contributed by atoms with Crippen LogP contribution in [0.4, 0.5) is 14.9 Å². The number of benzene rings is 1. The molecule has 0 aliphatic rings. The molecule has 3 N–H and O–H groups in total. The fourth-order valence-electron chi connectivity index (χ4n) is 1.93. The first kappa shape index (κ1) is 20.7. The second-order valence-corrected chi connectivity index (χ2v) is 6.34. The van der Waals surface area contributed by atoms with Gasteiger partial charge in [-0.15, -0.1) is 0 Å². The molecule has 1 aromatic rings. The summed E-state index contributed by atoms with van der Waals surface area (Å²) in [5.74, 6) is -2.20. The van der Waals surface area contributed by atoms with Crippen LogP contribution < -0.4 is 5.32 Å². The first-order valence-corrected chi connectivity index (χ1v) is 7.77. The molecule has 0 fully saturated rings. The van der Waals surface area contributed by atoms with E-state index >= 15 is 0 Å². The number of amides is 2. The molecule has 0 saturated heterocycles. The molecule has 0 aliphatic heterocycles. The number of aliphatic imine (C=N–C) groups is 1. The molecule has 0 heterocycles. The van der Waals surface area contributed by atoms with Crippen LogP contribution in [0.15, 0.2) is 23.2 Å². The van der Waals surface area contributed by atoms with Gasteiger partial charge in [-0.25, -0.2) is 9.18 Å². The minimum Gasteiger partial charge on any atom is -0.442 e. The molecule has 0 spiro atoms. The normalized spacial score (nSPS) is 13.1. The minimum absolute atomic E-state index is 0.0656. The van der Waals surface area contributed by atoms with Gasteiger partial charge in [0.05, 0.1) is 17.2 Å². The Morgan fingerprint density at radius 3 is 2.52 bits per heavy atom. The maximum Gasteiger partial charge on any atom is 0.433 e. The van der Waals surface area contributed by atoms with Crippen molar-refractivity contribution in [3.63, 3.8) is 0 Å². The fourth-order valence-corrected chi connectivity index (χ4v) is 1.93. The van der Waals surface area contributed by atoms with Crippen LogP contribution in [0.2, 0.25) is 0 Å². The summed E-state index contributed by atoms with van der Waals surface area (Å²) in [6.45, 7) is 6.78. The lowest BCUT2D eigenvalue weighted by Crippen LogP contribution is -2.26. The standard InChI is InChI=1S/C17H23FN2O5/c1-5-10(9-19-16(24)25-17(2,3)4)14(21)20-12-8-6-7-11(18)13(12)15(22)23/h6-10,15,22-23H,5H2,1-4H3,(H,20,21). The number of carbonyl (C=O) groups is 2. The third kappa shape index (κ3) is 6.60. The summed E-state index contributed by atoms with van der Waals surface area (Å²) in [5.41, 5.74) is -1.20. The molecule has 0 aliphatic carbocycles. The second kappa shape index (κ2) is 8.68. The SMILES string of the molecule is CCC(C=NC(=O)OC(C)(C)C)C(=O)Nc1cccc(F)c1C(O)O. The van der Waals surface area contributed by atoms with E-state index in [2.05, 4.69) is 10.3 Å². The van der Waals surface area contributed by atoms with Crippen molar-refractivity contribution >= 4 is 23.9 Å². The van der Waals surface area contributed by atoms with E-state index in [9.17, 15) is 24.2 Å². The van der Waals surface area contributed by atoms with Crippen molar-refractivity contribution in [1.29, 1.82) is 0 Å². The van der Waals surface area contributed by atoms with Crippen LogP contribution in [0.5, 0.6) is 0 Å². The van der Waals surface area contributed by atoms with Crippen molar-refractivity contribution in [2.45, 2.75) is 46.0 Å². The highest BCUT2D eigenvalue weighted by atomic mass is 19.1. The molecule has 7 nitrogen and oxygen atoms in total. The van der Waals surface area contributed by atoms with Crippen molar-refractivity contribution in [3.8, 4) is 0 Å². The Morgan fingerprint density at radius 1 is 1.36 bits per heavy atom. The molecule has 0 saturated carbocycles. The average Bonchev–Trinajstić information content (AvgIpc) is 2.45. The monoisotopic (exact) mass is 354 g/mol. The Kier molecular flexibility index (Phi) is 7.20. The molecule has 1 aromatic carbocycles. The van der Waals surface area contributed by atoms with E-state index in [1.54, 1.807) is 27.7 Å². The molecule has 1 unspecified atom stereocenters. The van der Waals surface area contributed by atoms with Crippen molar-refractivity contribution in [1.82, 2.24) is 0 Å². The van der Waals surface area contributed by atoms with Crippen molar-refractivity contribution in [2.75, 3.05) is 5.32 Å². The molecule has 8 heteroatoms. The summed E-state index contributed by atoms with van der Waals surface area (Å²) in [6, 6.07) is 3.71.